The van der Waals surface area contributed by atoms with Crippen LogP contribution in [0.15, 0.2) is 24.3 Å². The SMILES string of the molecule is Cc1nn(CC(O)COCc2ccccc2Cl)c(C)c1[N+](=O)[O-]. The smallest absolute Gasteiger partial charge is 0.312 e. The van der Waals surface area contributed by atoms with Crippen molar-refractivity contribution >= 4 is 17.3 Å². The molecule has 0 aliphatic heterocycles. The molecule has 2 rings (SSSR count). The van der Waals surface area contributed by atoms with Crippen molar-refractivity contribution in [1.29, 1.82) is 0 Å². The van der Waals surface area contributed by atoms with Crippen LogP contribution in [0.5, 0.6) is 0 Å². The summed E-state index contributed by atoms with van der Waals surface area (Å²) < 4.78 is 6.88. The van der Waals surface area contributed by atoms with Gasteiger partial charge in [-0.3, -0.25) is 14.8 Å². The number of rotatable bonds is 7. The summed E-state index contributed by atoms with van der Waals surface area (Å²) in [5.74, 6) is 0. The number of aliphatic hydroxyl groups is 1. The molecule has 0 fully saturated rings. The van der Waals surface area contributed by atoms with Gasteiger partial charge in [0.15, 0.2) is 0 Å². The van der Waals surface area contributed by atoms with Crippen LogP contribution in [0.2, 0.25) is 5.02 Å². The highest BCUT2D eigenvalue weighted by Gasteiger charge is 2.22. The van der Waals surface area contributed by atoms with Crippen LogP contribution in [0.3, 0.4) is 0 Å². The van der Waals surface area contributed by atoms with Crippen LogP contribution < -0.4 is 0 Å². The van der Waals surface area contributed by atoms with E-state index in [0.717, 1.165) is 5.56 Å². The number of hydrogen-bond donors (Lipinski definition) is 1. The summed E-state index contributed by atoms with van der Waals surface area (Å²) in [4.78, 5) is 10.5. The van der Waals surface area contributed by atoms with E-state index in [9.17, 15) is 15.2 Å². The fourth-order valence-corrected chi connectivity index (χ4v) is 2.49. The van der Waals surface area contributed by atoms with Crippen molar-refractivity contribution in [1.82, 2.24) is 9.78 Å². The first-order valence-corrected chi connectivity index (χ1v) is 7.45. The second-order valence-electron chi connectivity index (χ2n) is 5.22. The van der Waals surface area contributed by atoms with Gasteiger partial charge in [0, 0.05) is 5.02 Å². The molecule has 8 heteroatoms. The minimum absolute atomic E-state index is 0.0193. The van der Waals surface area contributed by atoms with Gasteiger partial charge in [-0.2, -0.15) is 5.10 Å². The molecule has 124 valence electrons. The first kappa shape index (κ1) is 17.4. The first-order chi connectivity index (χ1) is 10.9. The van der Waals surface area contributed by atoms with E-state index in [1.54, 1.807) is 19.9 Å². The zero-order valence-electron chi connectivity index (χ0n) is 12.9. The van der Waals surface area contributed by atoms with E-state index in [-0.39, 0.29) is 25.4 Å². The van der Waals surface area contributed by atoms with Gasteiger partial charge in [0.25, 0.3) is 0 Å². The lowest BCUT2D eigenvalue weighted by Gasteiger charge is -2.12. The highest BCUT2D eigenvalue weighted by atomic mass is 35.5. The minimum Gasteiger partial charge on any atom is -0.389 e. The number of halogens is 1. The Morgan fingerprint density at radius 1 is 1.43 bits per heavy atom. The Bertz CT molecular complexity index is 702. The quantitative estimate of drug-likeness (QED) is 0.618. The molecule has 0 aliphatic carbocycles. The van der Waals surface area contributed by atoms with Crippen molar-refractivity contribution < 1.29 is 14.8 Å². The van der Waals surface area contributed by atoms with E-state index in [1.807, 2.05) is 18.2 Å². The predicted octanol–water partition coefficient (Wildman–Crippen LogP) is 2.64. The molecule has 0 saturated heterocycles. The molecule has 0 radical (unpaired) electrons. The van der Waals surface area contributed by atoms with Crippen LogP contribution in [-0.4, -0.2) is 32.5 Å². The highest BCUT2D eigenvalue weighted by Crippen LogP contribution is 2.22. The lowest BCUT2D eigenvalue weighted by molar-refractivity contribution is -0.386. The molecule has 0 saturated carbocycles. The highest BCUT2D eigenvalue weighted by molar-refractivity contribution is 6.31. The third-order valence-electron chi connectivity index (χ3n) is 3.44. The Morgan fingerprint density at radius 2 is 2.13 bits per heavy atom. The van der Waals surface area contributed by atoms with Gasteiger partial charge in [0.05, 0.1) is 30.8 Å². The van der Waals surface area contributed by atoms with Gasteiger partial charge >= 0.3 is 5.69 Å². The second kappa shape index (κ2) is 7.54. The topological polar surface area (TPSA) is 90.4 Å². The molecular weight excluding hydrogens is 322 g/mol. The molecule has 1 atom stereocenters. The van der Waals surface area contributed by atoms with Crippen molar-refractivity contribution in [3.8, 4) is 0 Å². The predicted molar refractivity (Wildman–Crippen MR) is 85.5 cm³/mol. The number of nitro groups is 1. The lowest BCUT2D eigenvalue weighted by Crippen LogP contribution is -2.23. The van der Waals surface area contributed by atoms with Crippen LogP contribution >= 0.6 is 11.6 Å². The Hall–Kier alpha value is -1.96. The normalized spacial score (nSPS) is 12.3. The molecule has 0 spiro atoms. The lowest BCUT2D eigenvalue weighted by atomic mass is 10.2. The van der Waals surface area contributed by atoms with E-state index in [1.165, 1.54) is 4.68 Å². The molecule has 0 bridgehead atoms. The molecule has 1 unspecified atom stereocenters. The van der Waals surface area contributed by atoms with Crippen molar-refractivity contribution in [3.63, 3.8) is 0 Å². The van der Waals surface area contributed by atoms with Crippen LogP contribution in [-0.2, 0) is 17.9 Å². The molecule has 23 heavy (non-hydrogen) atoms. The molecule has 1 aromatic carbocycles. The summed E-state index contributed by atoms with van der Waals surface area (Å²) in [7, 11) is 0. The molecule has 7 nitrogen and oxygen atoms in total. The fraction of sp³-hybridized carbons (Fsp3) is 0.400. The zero-order valence-corrected chi connectivity index (χ0v) is 13.7. The van der Waals surface area contributed by atoms with Crippen LogP contribution in [0.1, 0.15) is 17.0 Å². The molecule has 1 N–H and O–H groups in total. The van der Waals surface area contributed by atoms with Gasteiger partial charge in [0.1, 0.15) is 11.4 Å². The van der Waals surface area contributed by atoms with Gasteiger partial charge in [-0.15, -0.1) is 0 Å². The van der Waals surface area contributed by atoms with E-state index in [0.29, 0.717) is 16.4 Å². The Kier molecular flexibility index (Phi) is 5.70. The van der Waals surface area contributed by atoms with Crippen LogP contribution in [0.4, 0.5) is 5.69 Å². The fourth-order valence-electron chi connectivity index (χ4n) is 2.30. The van der Waals surface area contributed by atoms with E-state index < -0.39 is 11.0 Å². The molecular formula is C15H18ClN3O4. The Morgan fingerprint density at radius 3 is 2.74 bits per heavy atom. The molecule has 1 aromatic heterocycles. The minimum atomic E-state index is -0.824. The van der Waals surface area contributed by atoms with Gasteiger partial charge in [-0.1, -0.05) is 29.8 Å². The summed E-state index contributed by atoms with van der Waals surface area (Å²) in [6.45, 7) is 3.67. The number of ether oxygens (including phenoxy) is 1. The number of aromatic nitrogens is 2. The Balaban J connectivity index is 1.90. The van der Waals surface area contributed by atoms with Crippen molar-refractivity contribution in [2.24, 2.45) is 0 Å². The maximum absolute atomic E-state index is 11.0. The van der Waals surface area contributed by atoms with Crippen molar-refractivity contribution in [2.75, 3.05) is 6.61 Å². The summed E-state index contributed by atoms with van der Waals surface area (Å²) >= 11 is 6.02. The standard InChI is InChI=1S/C15H18ClN3O4/c1-10-15(19(21)22)11(2)18(17-10)7-13(20)9-23-8-12-5-3-4-6-14(12)16/h3-6,13,20H,7-9H2,1-2H3. The molecule has 0 aliphatic rings. The summed E-state index contributed by atoms with van der Waals surface area (Å²) in [5, 5.41) is 25.7. The maximum atomic E-state index is 11.0. The number of benzene rings is 1. The van der Waals surface area contributed by atoms with Gasteiger partial charge in [-0.25, -0.2) is 0 Å². The van der Waals surface area contributed by atoms with Crippen LogP contribution in [0.25, 0.3) is 0 Å². The third kappa shape index (κ3) is 4.28. The van der Waals surface area contributed by atoms with E-state index in [4.69, 9.17) is 16.3 Å². The Labute approximate surface area is 138 Å². The van der Waals surface area contributed by atoms with Gasteiger partial charge < -0.3 is 9.84 Å². The maximum Gasteiger partial charge on any atom is 0.312 e. The van der Waals surface area contributed by atoms with Crippen molar-refractivity contribution in [3.05, 3.63) is 56.4 Å². The van der Waals surface area contributed by atoms with E-state index >= 15 is 0 Å². The zero-order chi connectivity index (χ0) is 17.0. The second-order valence-corrected chi connectivity index (χ2v) is 5.63. The summed E-state index contributed by atoms with van der Waals surface area (Å²) in [5.41, 5.74) is 1.56. The van der Waals surface area contributed by atoms with Gasteiger partial charge in [-0.05, 0) is 25.5 Å². The van der Waals surface area contributed by atoms with Gasteiger partial charge in [0.2, 0.25) is 0 Å². The number of aliphatic hydroxyl groups excluding tert-OH is 1. The monoisotopic (exact) mass is 339 g/mol. The third-order valence-corrected chi connectivity index (χ3v) is 3.80. The van der Waals surface area contributed by atoms with Crippen molar-refractivity contribution in [2.45, 2.75) is 33.1 Å². The number of nitrogens with zero attached hydrogens (tertiary/aromatic N) is 3. The van der Waals surface area contributed by atoms with Crippen LogP contribution in [0, 0.1) is 24.0 Å². The first-order valence-electron chi connectivity index (χ1n) is 7.07. The molecule has 0 amide bonds. The average Bonchev–Trinajstić information content (AvgIpc) is 2.75. The summed E-state index contributed by atoms with van der Waals surface area (Å²) in [6, 6.07) is 7.30. The average molecular weight is 340 g/mol. The van der Waals surface area contributed by atoms with E-state index in [2.05, 4.69) is 5.10 Å². The molecule has 2 aromatic rings. The molecule has 1 heterocycles. The number of hydrogen-bond acceptors (Lipinski definition) is 5. The summed E-state index contributed by atoms with van der Waals surface area (Å²) in [6.07, 6.45) is -0.824. The number of aryl methyl sites for hydroxylation is 1. The largest absolute Gasteiger partial charge is 0.389 e.